The first-order chi connectivity index (χ1) is 17.3. The first-order valence-corrected chi connectivity index (χ1v) is 11.8. The van der Waals surface area contributed by atoms with Crippen molar-refractivity contribution < 1.29 is 13.5 Å². The number of likely N-dealkylation sites (N-methyl/N-ethyl adjacent to an activating group) is 1. The van der Waals surface area contributed by atoms with Crippen LogP contribution in [0, 0.1) is 11.6 Å². The van der Waals surface area contributed by atoms with E-state index in [1.54, 1.807) is 18.5 Å². The van der Waals surface area contributed by atoms with Gasteiger partial charge in [0.1, 0.15) is 12.4 Å². The van der Waals surface area contributed by atoms with E-state index >= 15 is 4.39 Å². The maximum atomic E-state index is 15.0. The number of anilines is 2. The summed E-state index contributed by atoms with van der Waals surface area (Å²) in [5.41, 5.74) is 7.49. The number of hydrogen-bond donors (Lipinski definition) is 3. The minimum atomic E-state index is -1.21. The molecule has 0 unspecified atom stereocenters. The Hall–Kier alpha value is -3.77. The molecule has 0 aliphatic carbocycles. The Morgan fingerprint density at radius 2 is 1.86 bits per heavy atom. The highest BCUT2D eigenvalue weighted by Gasteiger charge is 2.23. The average Bonchev–Trinajstić information content (AvgIpc) is 3.34. The quantitative estimate of drug-likeness (QED) is 0.158. The predicted octanol–water partition coefficient (Wildman–Crippen LogP) is 2.94. The van der Waals surface area contributed by atoms with E-state index in [-0.39, 0.29) is 35.3 Å². The molecule has 0 bridgehead atoms. The van der Waals surface area contributed by atoms with Crippen LogP contribution in [-0.2, 0) is 6.54 Å². The summed E-state index contributed by atoms with van der Waals surface area (Å²) in [6.45, 7) is 9.31. The average molecular weight is 502 g/mol. The standard InChI is InChI=1S/C24H33F2N9O/c1-4-9-34-15-17(14-31-34)16-12-18(23(27)30-13-16)24(32-28)35(29)19-7-8-20(22(26)21(19)25)36-11-10-33(5-2)6-3/h7-8,12-15H,4-6,9-11,28-29H2,1-3H3,(H2,27,30)/b32-24-. The van der Waals surface area contributed by atoms with Crippen LogP contribution in [0.2, 0.25) is 0 Å². The van der Waals surface area contributed by atoms with Gasteiger partial charge in [0.2, 0.25) is 5.82 Å². The van der Waals surface area contributed by atoms with E-state index in [0.717, 1.165) is 36.6 Å². The van der Waals surface area contributed by atoms with Crippen LogP contribution < -0.4 is 27.2 Å². The van der Waals surface area contributed by atoms with Gasteiger partial charge in [0.15, 0.2) is 17.4 Å². The predicted molar refractivity (Wildman–Crippen MR) is 137 cm³/mol. The summed E-state index contributed by atoms with van der Waals surface area (Å²) in [5, 5.41) is 8.84. The molecule has 1 aromatic carbocycles. The molecule has 2 aromatic heterocycles. The van der Waals surface area contributed by atoms with Crippen molar-refractivity contribution in [2.75, 3.05) is 37.0 Å². The van der Waals surface area contributed by atoms with Crippen LogP contribution in [0.1, 0.15) is 32.8 Å². The first kappa shape index (κ1) is 26.8. The van der Waals surface area contributed by atoms with Crippen molar-refractivity contribution in [3.05, 3.63) is 54.0 Å². The maximum absolute atomic E-state index is 15.0. The number of hydrogen-bond acceptors (Lipinski definition) is 8. The molecule has 0 saturated heterocycles. The maximum Gasteiger partial charge on any atom is 0.202 e. The zero-order valence-electron chi connectivity index (χ0n) is 20.8. The molecular weight excluding hydrogens is 468 g/mol. The number of pyridine rings is 1. The highest BCUT2D eigenvalue weighted by atomic mass is 19.2. The van der Waals surface area contributed by atoms with Gasteiger partial charge in [0.05, 0.1) is 17.4 Å². The summed E-state index contributed by atoms with van der Waals surface area (Å²) in [5.74, 6) is 9.13. The van der Waals surface area contributed by atoms with Gasteiger partial charge in [0.25, 0.3) is 0 Å². The molecule has 0 atom stereocenters. The van der Waals surface area contributed by atoms with Crippen molar-refractivity contribution in [1.29, 1.82) is 0 Å². The first-order valence-electron chi connectivity index (χ1n) is 11.8. The van der Waals surface area contributed by atoms with Gasteiger partial charge in [-0.25, -0.2) is 15.2 Å². The Kier molecular flexibility index (Phi) is 9.14. The van der Waals surface area contributed by atoms with E-state index in [4.69, 9.17) is 22.2 Å². The lowest BCUT2D eigenvalue weighted by molar-refractivity contribution is 0.216. The van der Waals surface area contributed by atoms with Crippen molar-refractivity contribution in [1.82, 2.24) is 19.7 Å². The topological polar surface area (TPSA) is 137 Å². The fourth-order valence-corrected chi connectivity index (χ4v) is 3.70. The molecule has 12 heteroatoms. The molecule has 2 heterocycles. The SMILES string of the molecule is CCCn1cc(-c2cnc(N)c(/C(=N/N)N(N)c3ccc(OCCN(CC)CC)c(F)c3F)c2)cn1. The Morgan fingerprint density at radius 3 is 2.53 bits per heavy atom. The van der Waals surface area contributed by atoms with Crippen molar-refractivity contribution in [2.45, 2.75) is 33.7 Å². The molecule has 10 nitrogen and oxygen atoms in total. The smallest absolute Gasteiger partial charge is 0.202 e. The Labute approximate surface area is 209 Å². The molecular formula is C24H33F2N9O. The fraction of sp³-hybridized carbons (Fsp3) is 0.375. The monoisotopic (exact) mass is 501 g/mol. The fourth-order valence-electron chi connectivity index (χ4n) is 3.70. The van der Waals surface area contributed by atoms with Gasteiger partial charge in [-0.1, -0.05) is 20.8 Å². The van der Waals surface area contributed by atoms with Crippen molar-refractivity contribution in [3.63, 3.8) is 0 Å². The van der Waals surface area contributed by atoms with E-state index in [0.29, 0.717) is 12.1 Å². The van der Waals surface area contributed by atoms with Gasteiger partial charge in [-0.2, -0.15) is 14.6 Å². The van der Waals surface area contributed by atoms with E-state index in [2.05, 4.69) is 27.0 Å². The van der Waals surface area contributed by atoms with Crippen LogP contribution >= 0.6 is 0 Å². The number of hydrazone groups is 1. The van der Waals surface area contributed by atoms with Crippen LogP contribution in [0.3, 0.4) is 0 Å². The number of nitrogens with two attached hydrogens (primary N) is 3. The third kappa shape index (κ3) is 5.89. The minimum Gasteiger partial charge on any atom is -0.489 e. The van der Waals surface area contributed by atoms with E-state index in [1.807, 2.05) is 24.7 Å². The lowest BCUT2D eigenvalue weighted by atomic mass is 10.1. The van der Waals surface area contributed by atoms with E-state index in [9.17, 15) is 4.39 Å². The van der Waals surface area contributed by atoms with Crippen LogP contribution in [0.5, 0.6) is 5.75 Å². The number of hydrazine groups is 1. The van der Waals surface area contributed by atoms with Gasteiger partial charge < -0.3 is 21.2 Å². The summed E-state index contributed by atoms with van der Waals surface area (Å²) in [6.07, 6.45) is 6.07. The molecule has 0 aliphatic rings. The molecule has 0 saturated carbocycles. The highest BCUT2D eigenvalue weighted by molar-refractivity contribution is 6.12. The number of ether oxygens (including phenoxy) is 1. The second-order valence-electron chi connectivity index (χ2n) is 8.06. The Balaban J connectivity index is 1.86. The third-order valence-electron chi connectivity index (χ3n) is 5.77. The molecule has 194 valence electrons. The molecule has 0 amide bonds. The molecule has 0 aliphatic heterocycles. The summed E-state index contributed by atoms with van der Waals surface area (Å²) >= 11 is 0. The number of nitrogen functional groups attached to an aromatic ring is 1. The van der Waals surface area contributed by atoms with E-state index < -0.39 is 11.6 Å². The summed E-state index contributed by atoms with van der Waals surface area (Å²) in [4.78, 5) is 6.31. The minimum absolute atomic E-state index is 0.0663. The third-order valence-corrected chi connectivity index (χ3v) is 5.77. The van der Waals surface area contributed by atoms with Crippen molar-refractivity contribution >= 4 is 17.3 Å². The number of amidine groups is 1. The second kappa shape index (κ2) is 12.3. The van der Waals surface area contributed by atoms with Crippen molar-refractivity contribution in [2.24, 2.45) is 16.8 Å². The second-order valence-corrected chi connectivity index (χ2v) is 8.06. The molecule has 6 N–H and O–H groups in total. The highest BCUT2D eigenvalue weighted by Crippen LogP contribution is 2.30. The van der Waals surface area contributed by atoms with Crippen LogP contribution in [0.15, 0.2) is 41.9 Å². The molecule has 3 aromatic rings. The normalized spacial score (nSPS) is 11.8. The van der Waals surface area contributed by atoms with Gasteiger partial charge in [-0.05, 0) is 37.7 Å². The number of benzene rings is 1. The van der Waals surface area contributed by atoms with Gasteiger partial charge in [-0.3, -0.25) is 9.69 Å². The number of halogens is 2. The summed E-state index contributed by atoms with van der Waals surface area (Å²) in [6, 6.07) is 4.27. The summed E-state index contributed by atoms with van der Waals surface area (Å²) in [7, 11) is 0. The largest absolute Gasteiger partial charge is 0.489 e. The molecule has 0 fully saturated rings. The van der Waals surface area contributed by atoms with Gasteiger partial charge >= 0.3 is 0 Å². The summed E-state index contributed by atoms with van der Waals surface area (Å²) < 4.78 is 37.1. The number of nitrogens with zero attached hydrogens (tertiary/aromatic N) is 6. The Morgan fingerprint density at radius 1 is 1.11 bits per heavy atom. The van der Waals surface area contributed by atoms with Gasteiger partial charge in [0, 0.05) is 36.6 Å². The van der Waals surface area contributed by atoms with Crippen molar-refractivity contribution in [3.8, 4) is 16.9 Å². The number of rotatable bonds is 11. The van der Waals surface area contributed by atoms with Gasteiger partial charge in [-0.15, -0.1) is 0 Å². The zero-order chi connectivity index (χ0) is 26.2. The van der Waals surface area contributed by atoms with Crippen LogP contribution in [0.4, 0.5) is 20.3 Å². The molecule has 0 spiro atoms. The lowest BCUT2D eigenvalue weighted by Gasteiger charge is -2.22. The lowest BCUT2D eigenvalue weighted by Crippen LogP contribution is -2.40. The molecule has 3 rings (SSSR count). The molecule has 0 radical (unpaired) electrons. The number of aromatic nitrogens is 3. The number of aryl methyl sites for hydroxylation is 1. The van der Waals surface area contributed by atoms with E-state index in [1.165, 1.54) is 12.1 Å². The zero-order valence-corrected chi connectivity index (χ0v) is 20.8. The molecule has 36 heavy (non-hydrogen) atoms. The van der Waals surface area contributed by atoms with Crippen LogP contribution in [-0.4, -0.2) is 51.7 Å². The Bertz CT molecular complexity index is 1190. The van der Waals surface area contributed by atoms with Crippen LogP contribution in [0.25, 0.3) is 11.1 Å².